The first-order valence-electron chi connectivity index (χ1n) is 8.30. The van der Waals surface area contributed by atoms with Crippen LogP contribution in [0.25, 0.3) is 0 Å². The summed E-state index contributed by atoms with van der Waals surface area (Å²) in [4.78, 5) is 26.6. The van der Waals surface area contributed by atoms with E-state index >= 15 is 0 Å². The molecule has 130 valence electrons. The molecule has 0 radical (unpaired) electrons. The number of rotatable bonds is 3. The largest absolute Gasteiger partial charge is 0.326 e. The van der Waals surface area contributed by atoms with E-state index in [2.05, 4.69) is 21.2 Å². The highest BCUT2D eigenvalue weighted by molar-refractivity contribution is 9.10. The van der Waals surface area contributed by atoms with Gasteiger partial charge in [-0.15, -0.1) is 0 Å². The van der Waals surface area contributed by atoms with Crippen molar-refractivity contribution in [3.8, 4) is 0 Å². The summed E-state index contributed by atoms with van der Waals surface area (Å²) in [6.45, 7) is 6.41. The lowest BCUT2D eigenvalue weighted by Gasteiger charge is -2.17. The maximum atomic E-state index is 12.6. The molecule has 0 aromatic heterocycles. The predicted octanol–water partition coefficient (Wildman–Crippen LogP) is 4.37. The van der Waals surface area contributed by atoms with Gasteiger partial charge in [0.15, 0.2) is 0 Å². The molecule has 0 aliphatic carbocycles. The molecular formula is C20H21BrN2O2. The molecule has 25 heavy (non-hydrogen) atoms. The Bertz CT molecular complexity index is 807. The first-order valence-corrected chi connectivity index (χ1v) is 9.09. The Kier molecular flexibility index (Phi) is 4.95. The van der Waals surface area contributed by atoms with Gasteiger partial charge in [-0.1, -0.05) is 33.6 Å². The van der Waals surface area contributed by atoms with E-state index in [0.717, 1.165) is 32.5 Å². The number of halogens is 1. The quantitative estimate of drug-likeness (QED) is 0.831. The van der Waals surface area contributed by atoms with Gasteiger partial charge in [0, 0.05) is 28.8 Å². The zero-order valence-electron chi connectivity index (χ0n) is 14.6. The van der Waals surface area contributed by atoms with Crippen molar-refractivity contribution in [2.75, 3.05) is 16.8 Å². The van der Waals surface area contributed by atoms with Crippen LogP contribution in [0.1, 0.15) is 23.1 Å². The van der Waals surface area contributed by atoms with E-state index in [0.29, 0.717) is 6.54 Å². The number of hydrogen-bond donors (Lipinski definition) is 1. The van der Waals surface area contributed by atoms with Gasteiger partial charge >= 0.3 is 0 Å². The van der Waals surface area contributed by atoms with Crippen LogP contribution in [-0.2, 0) is 9.59 Å². The topological polar surface area (TPSA) is 49.4 Å². The predicted molar refractivity (Wildman–Crippen MR) is 104 cm³/mol. The van der Waals surface area contributed by atoms with Gasteiger partial charge < -0.3 is 10.2 Å². The SMILES string of the molecule is Cc1ccc(N2C[C@H](C(=O)Nc3cc(C)c(Br)c(C)c3)CC2=O)cc1. The Balaban J connectivity index is 1.71. The molecule has 1 aliphatic rings. The number of nitrogens with one attached hydrogen (secondary N) is 1. The van der Waals surface area contributed by atoms with Crippen LogP contribution in [0.2, 0.25) is 0 Å². The Morgan fingerprint density at radius 1 is 1.12 bits per heavy atom. The Hall–Kier alpha value is -2.14. The molecule has 1 heterocycles. The third-order valence-electron chi connectivity index (χ3n) is 4.55. The standard InChI is InChI=1S/C20H21BrN2O2/c1-12-4-6-17(7-5-12)23-11-15(10-18(23)24)20(25)22-16-8-13(2)19(21)14(3)9-16/h4-9,15H,10-11H2,1-3H3,(H,22,25)/t15-/m1/s1. The summed E-state index contributed by atoms with van der Waals surface area (Å²) >= 11 is 3.53. The van der Waals surface area contributed by atoms with Gasteiger partial charge in [0.25, 0.3) is 0 Å². The minimum atomic E-state index is -0.335. The molecule has 2 aromatic carbocycles. The lowest BCUT2D eigenvalue weighted by molar-refractivity contribution is -0.122. The number of aryl methyl sites for hydroxylation is 3. The molecule has 1 saturated heterocycles. The Labute approximate surface area is 156 Å². The molecule has 1 aliphatic heterocycles. The molecule has 1 N–H and O–H groups in total. The van der Waals surface area contributed by atoms with E-state index in [1.54, 1.807) is 4.90 Å². The number of carbonyl (C=O) groups is 2. The summed E-state index contributed by atoms with van der Waals surface area (Å²) in [6, 6.07) is 11.7. The second-order valence-corrected chi connectivity index (χ2v) is 7.45. The van der Waals surface area contributed by atoms with Crippen molar-refractivity contribution < 1.29 is 9.59 Å². The monoisotopic (exact) mass is 400 g/mol. The van der Waals surface area contributed by atoms with Crippen molar-refractivity contribution in [3.63, 3.8) is 0 Å². The van der Waals surface area contributed by atoms with Crippen molar-refractivity contribution >= 4 is 39.1 Å². The minimum absolute atomic E-state index is 0.00725. The molecule has 0 bridgehead atoms. The molecule has 1 atom stereocenters. The Morgan fingerprint density at radius 3 is 2.32 bits per heavy atom. The zero-order valence-corrected chi connectivity index (χ0v) is 16.2. The zero-order chi connectivity index (χ0) is 18.1. The molecule has 1 fully saturated rings. The average Bonchev–Trinajstić information content (AvgIpc) is 2.95. The van der Waals surface area contributed by atoms with E-state index in [-0.39, 0.29) is 24.2 Å². The van der Waals surface area contributed by atoms with E-state index in [4.69, 9.17) is 0 Å². The summed E-state index contributed by atoms with van der Waals surface area (Å²) in [5, 5.41) is 2.96. The first-order chi connectivity index (χ1) is 11.8. The van der Waals surface area contributed by atoms with E-state index in [9.17, 15) is 9.59 Å². The number of benzene rings is 2. The van der Waals surface area contributed by atoms with Crippen LogP contribution < -0.4 is 10.2 Å². The van der Waals surface area contributed by atoms with Crippen LogP contribution in [0, 0.1) is 26.7 Å². The summed E-state index contributed by atoms with van der Waals surface area (Å²) in [7, 11) is 0. The molecule has 2 aromatic rings. The van der Waals surface area contributed by atoms with Gasteiger partial charge in [-0.05, 0) is 56.2 Å². The number of anilines is 2. The third-order valence-corrected chi connectivity index (χ3v) is 5.80. The molecule has 4 nitrogen and oxygen atoms in total. The highest BCUT2D eigenvalue weighted by atomic mass is 79.9. The smallest absolute Gasteiger partial charge is 0.229 e. The highest BCUT2D eigenvalue weighted by Gasteiger charge is 2.35. The van der Waals surface area contributed by atoms with Gasteiger partial charge in [-0.3, -0.25) is 9.59 Å². The maximum absolute atomic E-state index is 12.6. The summed E-state index contributed by atoms with van der Waals surface area (Å²) < 4.78 is 1.05. The van der Waals surface area contributed by atoms with Gasteiger partial charge in [-0.2, -0.15) is 0 Å². The van der Waals surface area contributed by atoms with E-state index in [1.807, 2.05) is 57.2 Å². The highest BCUT2D eigenvalue weighted by Crippen LogP contribution is 2.28. The van der Waals surface area contributed by atoms with Crippen LogP contribution in [-0.4, -0.2) is 18.4 Å². The van der Waals surface area contributed by atoms with Gasteiger partial charge in [-0.25, -0.2) is 0 Å². The molecule has 2 amide bonds. The summed E-state index contributed by atoms with van der Waals surface area (Å²) in [6.07, 6.45) is 0.244. The van der Waals surface area contributed by atoms with E-state index in [1.165, 1.54) is 0 Å². The van der Waals surface area contributed by atoms with Crippen LogP contribution >= 0.6 is 15.9 Å². The molecular weight excluding hydrogens is 380 g/mol. The van der Waals surface area contributed by atoms with Crippen molar-refractivity contribution in [2.45, 2.75) is 27.2 Å². The average molecular weight is 401 g/mol. The van der Waals surface area contributed by atoms with Crippen molar-refractivity contribution in [1.82, 2.24) is 0 Å². The molecule has 3 rings (SSSR count). The maximum Gasteiger partial charge on any atom is 0.229 e. The first kappa shape index (κ1) is 17.7. The Morgan fingerprint density at radius 2 is 1.72 bits per heavy atom. The number of nitrogens with zero attached hydrogens (tertiary/aromatic N) is 1. The second-order valence-electron chi connectivity index (χ2n) is 6.65. The van der Waals surface area contributed by atoms with Crippen LogP contribution in [0.5, 0.6) is 0 Å². The fourth-order valence-electron chi connectivity index (χ4n) is 3.12. The van der Waals surface area contributed by atoms with Crippen molar-refractivity contribution in [1.29, 1.82) is 0 Å². The lowest BCUT2D eigenvalue weighted by Crippen LogP contribution is -2.28. The summed E-state index contributed by atoms with van der Waals surface area (Å²) in [5.41, 5.74) is 4.90. The number of carbonyl (C=O) groups excluding carboxylic acids is 2. The normalized spacial score (nSPS) is 17.0. The molecule has 0 spiro atoms. The lowest BCUT2D eigenvalue weighted by atomic mass is 10.1. The second kappa shape index (κ2) is 7.00. The van der Waals surface area contributed by atoms with Crippen LogP contribution in [0.3, 0.4) is 0 Å². The minimum Gasteiger partial charge on any atom is -0.326 e. The fraction of sp³-hybridized carbons (Fsp3) is 0.300. The number of hydrogen-bond acceptors (Lipinski definition) is 2. The third kappa shape index (κ3) is 3.76. The van der Waals surface area contributed by atoms with Crippen molar-refractivity contribution in [3.05, 3.63) is 57.6 Å². The fourth-order valence-corrected chi connectivity index (χ4v) is 3.35. The van der Waals surface area contributed by atoms with E-state index < -0.39 is 0 Å². The van der Waals surface area contributed by atoms with Gasteiger partial charge in [0.1, 0.15) is 0 Å². The van der Waals surface area contributed by atoms with Gasteiger partial charge in [0.2, 0.25) is 11.8 Å². The van der Waals surface area contributed by atoms with Crippen molar-refractivity contribution in [2.24, 2.45) is 5.92 Å². The number of amides is 2. The van der Waals surface area contributed by atoms with Gasteiger partial charge in [0.05, 0.1) is 5.92 Å². The molecule has 5 heteroatoms. The van der Waals surface area contributed by atoms with Crippen LogP contribution in [0.4, 0.5) is 11.4 Å². The molecule has 0 saturated carbocycles. The summed E-state index contributed by atoms with van der Waals surface area (Å²) in [5.74, 6) is -0.450. The molecule has 0 unspecified atom stereocenters. The van der Waals surface area contributed by atoms with Crippen LogP contribution in [0.15, 0.2) is 40.9 Å².